The molecule has 0 aliphatic carbocycles. The number of hydrogen-bond acceptors (Lipinski definition) is 4. The third-order valence-corrected chi connectivity index (χ3v) is 17.0. The van der Waals surface area contributed by atoms with Crippen LogP contribution >= 0.6 is 11.3 Å². The number of aliphatic hydroxyl groups is 1. The first-order chi connectivity index (χ1) is 26.1. The van der Waals surface area contributed by atoms with Crippen LogP contribution in [-0.2, 0) is 4.65 Å². The largest absolute Gasteiger partial charge is 0.427 e. The van der Waals surface area contributed by atoms with Gasteiger partial charge in [0.1, 0.15) is 0 Å². The lowest BCUT2D eigenvalue weighted by molar-refractivity contribution is -0.0893. The average molecular weight is 738 g/mol. The Labute approximate surface area is 324 Å². The van der Waals surface area contributed by atoms with E-state index in [0.29, 0.717) is 7.48 Å². The first-order valence-electron chi connectivity index (χ1n) is 18.6. The lowest BCUT2D eigenvalue weighted by Gasteiger charge is -2.37. The summed E-state index contributed by atoms with van der Waals surface area (Å²) in [5.41, 5.74) is 2.64. The summed E-state index contributed by atoms with van der Waals surface area (Å²) < 4.78 is 8.78. The Kier molecular flexibility index (Phi) is 9.63. The molecule has 1 aromatic heterocycles. The first-order valence-corrected chi connectivity index (χ1v) is 21.4. The molecule has 7 aromatic carbocycles. The Morgan fingerprint density at radius 3 is 1.48 bits per heavy atom. The fourth-order valence-electron chi connectivity index (χ4n) is 7.41. The van der Waals surface area contributed by atoms with Gasteiger partial charge in [-0.05, 0) is 90.9 Å². The van der Waals surface area contributed by atoms with E-state index >= 15 is 0 Å². The Balaban J connectivity index is 1.25. The number of nitrogens with zero attached hydrogens (tertiary/aromatic N) is 1. The SMILES string of the molecule is CC(C)(O)C(C)(C)OBc1ccc(N(c2ccc([Si](c3ccccc3)(c3ccccc3)c3ccccc3)cc2)c2ccc3c(c2)sc2ccccc23)cc1. The molecule has 0 bridgehead atoms. The number of fused-ring (bicyclic) bond motifs is 3. The van der Waals surface area contributed by atoms with E-state index in [1.165, 1.54) is 40.9 Å². The zero-order valence-corrected chi connectivity index (χ0v) is 33.1. The summed E-state index contributed by atoms with van der Waals surface area (Å²) in [5, 5.41) is 18.6. The van der Waals surface area contributed by atoms with E-state index in [4.69, 9.17) is 4.65 Å². The maximum absolute atomic E-state index is 10.6. The van der Waals surface area contributed by atoms with E-state index in [0.717, 1.165) is 22.5 Å². The smallest absolute Gasteiger partial charge is 0.309 e. The van der Waals surface area contributed by atoms with Crippen LogP contribution in [0.4, 0.5) is 17.1 Å². The molecule has 0 radical (unpaired) electrons. The van der Waals surface area contributed by atoms with E-state index < -0.39 is 19.3 Å². The van der Waals surface area contributed by atoms with Crippen LogP contribution in [0.25, 0.3) is 20.2 Å². The standard InChI is InChI=1S/C48H44BNO2SSi/c1-47(2,51)48(3,4)52-49-35-24-26-36(27-25-35)50(38-30-33-44-43-22-14-15-23-45(43)53-46(44)34-38)37-28-31-42(32-29-37)54(39-16-8-5-9-17-39,40-18-10-6-11-19-40)41-20-12-7-13-21-41/h5-34,49,51H,1-4H3. The highest BCUT2D eigenvalue weighted by Gasteiger charge is 2.41. The van der Waals surface area contributed by atoms with Crippen LogP contribution in [0.2, 0.25) is 0 Å². The van der Waals surface area contributed by atoms with Gasteiger partial charge in [-0.2, -0.15) is 0 Å². The predicted molar refractivity (Wildman–Crippen MR) is 236 cm³/mol. The second-order valence-corrected chi connectivity index (χ2v) is 19.9. The number of benzene rings is 7. The van der Waals surface area contributed by atoms with Crippen molar-refractivity contribution in [3.8, 4) is 0 Å². The number of rotatable bonds is 11. The molecule has 0 saturated heterocycles. The fraction of sp³-hybridized carbons (Fsp3) is 0.125. The molecule has 266 valence electrons. The normalized spacial score (nSPS) is 12.2. The minimum absolute atomic E-state index is 0.408. The monoisotopic (exact) mass is 737 g/mol. The minimum atomic E-state index is -2.67. The second-order valence-electron chi connectivity index (χ2n) is 15.0. The Morgan fingerprint density at radius 2 is 0.944 bits per heavy atom. The van der Waals surface area contributed by atoms with Crippen molar-refractivity contribution < 1.29 is 9.76 Å². The van der Waals surface area contributed by atoms with Gasteiger partial charge in [-0.3, -0.25) is 0 Å². The average Bonchev–Trinajstić information content (AvgIpc) is 3.57. The zero-order valence-electron chi connectivity index (χ0n) is 31.2. The number of anilines is 3. The maximum atomic E-state index is 10.6. The zero-order chi connectivity index (χ0) is 37.3. The molecular formula is C48H44BNO2SSi. The summed E-state index contributed by atoms with van der Waals surface area (Å²) in [4.78, 5) is 2.36. The van der Waals surface area contributed by atoms with Gasteiger partial charge in [0.05, 0.1) is 11.2 Å². The van der Waals surface area contributed by atoms with Crippen LogP contribution in [-0.4, -0.2) is 31.9 Å². The number of hydrogen-bond donors (Lipinski definition) is 1. The topological polar surface area (TPSA) is 32.7 Å². The van der Waals surface area contributed by atoms with Crippen molar-refractivity contribution in [1.29, 1.82) is 0 Å². The van der Waals surface area contributed by atoms with Crippen molar-refractivity contribution in [1.82, 2.24) is 0 Å². The molecule has 1 heterocycles. The van der Waals surface area contributed by atoms with Gasteiger partial charge in [0.2, 0.25) is 0 Å². The molecule has 1 N–H and O–H groups in total. The van der Waals surface area contributed by atoms with Crippen LogP contribution in [0.1, 0.15) is 27.7 Å². The Hall–Kier alpha value is -5.24. The van der Waals surface area contributed by atoms with E-state index in [-0.39, 0.29) is 0 Å². The molecule has 0 unspecified atom stereocenters. The Bertz CT molecular complexity index is 2400. The van der Waals surface area contributed by atoms with Gasteiger partial charge in [-0.1, -0.05) is 145 Å². The minimum Gasteiger partial charge on any atom is -0.427 e. The van der Waals surface area contributed by atoms with E-state index in [1.54, 1.807) is 13.8 Å². The fourth-order valence-corrected chi connectivity index (χ4v) is 13.3. The summed E-state index contributed by atoms with van der Waals surface area (Å²) in [7, 11) is -2.26. The molecule has 8 rings (SSSR count). The van der Waals surface area contributed by atoms with Gasteiger partial charge in [-0.25, -0.2) is 0 Å². The van der Waals surface area contributed by atoms with Crippen molar-refractivity contribution in [3.05, 3.63) is 182 Å². The Morgan fingerprint density at radius 1 is 0.500 bits per heavy atom. The first kappa shape index (κ1) is 35.8. The summed E-state index contributed by atoms with van der Waals surface area (Å²) in [5.74, 6) is 0. The highest BCUT2D eigenvalue weighted by atomic mass is 32.1. The molecular weight excluding hydrogens is 693 g/mol. The van der Waals surface area contributed by atoms with Gasteiger partial charge in [0, 0.05) is 37.2 Å². The van der Waals surface area contributed by atoms with Crippen LogP contribution in [0.3, 0.4) is 0 Å². The molecule has 3 nitrogen and oxygen atoms in total. The van der Waals surface area contributed by atoms with Crippen molar-refractivity contribution in [3.63, 3.8) is 0 Å². The molecule has 0 aliphatic heterocycles. The lowest BCUT2D eigenvalue weighted by Crippen LogP contribution is -2.74. The van der Waals surface area contributed by atoms with Crippen LogP contribution < -0.4 is 31.1 Å². The van der Waals surface area contributed by atoms with Crippen LogP contribution in [0.5, 0.6) is 0 Å². The molecule has 0 amide bonds. The quantitative estimate of drug-likeness (QED) is 0.107. The van der Waals surface area contributed by atoms with Gasteiger partial charge >= 0.3 is 7.48 Å². The van der Waals surface area contributed by atoms with Crippen molar-refractivity contribution in [2.45, 2.75) is 38.9 Å². The maximum Gasteiger partial charge on any atom is 0.309 e. The van der Waals surface area contributed by atoms with Gasteiger partial charge in [-0.15, -0.1) is 11.3 Å². The molecule has 0 atom stereocenters. The molecule has 0 fully saturated rings. The summed E-state index contributed by atoms with van der Waals surface area (Å²) in [6, 6.07) is 66.6. The van der Waals surface area contributed by atoms with Gasteiger partial charge in [0.25, 0.3) is 0 Å². The van der Waals surface area contributed by atoms with Crippen molar-refractivity contribution >= 4 is 90.3 Å². The predicted octanol–water partition coefficient (Wildman–Crippen LogP) is 8.44. The third kappa shape index (κ3) is 6.61. The highest BCUT2D eigenvalue weighted by Crippen LogP contribution is 2.40. The van der Waals surface area contributed by atoms with E-state index in [1.807, 2.05) is 25.2 Å². The highest BCUT2D eigenvalue weighted by molar-refractivity contribution is 7.25. The molecule has 0 aliphatic rings. The van der Waals surface area contributed by atoms with E-state index in [2.05, 4.69) is 187 Å². The second kappa shape index (κ2) is 14.5. The van der Waals surface area contributed by atoms with Crippen LogP contribution in [0.15, 0.2) is 182 Å². The third-order valence-electron chi connectivity index (χ3n) is 11.1. The molecule has 6 heteroatoms. The summed E-state index contributed by atoms with van der Waals surface area (Å²) >= 11 is 1.84. The molecule has 0 spiro atoms. The summed E-state index contributed by atoms with van der Waals surface area (Å²) in [6.07, 6.45) is 0. The van der Waals surface area contributed by atoms with Gasteiger partial charge in [0.15, 0.2) is 8.07 Å². The molecule has 8 aromatic rings. The van der Waals surface area contributed by atoms with Crippen LogP contribution in [0, 0.1) is 0 Å². The summed E-state index contributed by atoms with van der Waals surface area (Å²) in [6.45, 7) is 7.45. The number of thiophene rings is 1. The molecule has 54 heavy (non-hydrogen) atoms. The lowest BCUT2D eigenvalue weighted by atomic mass is 9.82. The molecule has 0 saturated carbocycles. The van der Waals surface area contributed by atoms with Crippen molar-refractivity contribution in [2.24, 2.45) is 0 Å². The van der Waals surface area contributed by atoms with Gasteiger partial charge < -0.3 is 14.7 Å². The van der Waals surface area contributed by atoms with Crippen molar-refractivity contribution in [2.75, 3.05) is 4.90 Å². The van der Waals surface area contributed by atoms with E-state index in [9.17, 15) is 5.11 Å².